The van der Waals surface area contributed by atoms with E-state index in [9.17, 15) is 9.59 Å². The van der Waals surface area contributed by atoms with Crippen LogP contribution in [0.4, 0.5) is 0 Å². The number of aliphatic carboxylic acids is 1. The molecule has 0 radical (unpaired) electrons. The average Bonchev–Trinajstić information content (AvgIpc) is 2.33. The maximum absolute atomic E-state index is 11.6. The summed E-state index contributed by atoms with van der Waals surface area (Å²) in [5.74, 6) is -1.24. The Morgan fingerprint density at radius 3 is 2.94 bits per heavy atom. The van der Waals surface area contributed by atoms with E-state index in [1.54, 1.807) is 18.5 Å². The molecule has 6 heteroatoms. The molecule has 0 saturated heterocycles. The van der Waals surface area contributed by atoms with Crippen molar-refractivity contribution >= 4 is 17.6 Å². The van der Waals surface area contributed by atoms with Crippen LogP contribution in [0.15, 0.2) is 29.6 Å². The Bertz CT molecular complexity index is 470. The molecule has 0 bridgehead atoms. The van der Waals surface area contributed by atoms with Crippen molar-refractivity contribution in [3.8, 4) is 0 Å². The van der Waals surface area contributed by atoms with Crippen LogP contribution in [0, 0.1) is 0 Å². The predicted molar refractivity (Wildman–Crippen MR) is 59.1 cm³/mol. The van der Waals surface area contributed by atoms with Crippen LogP contribution in [-0.2, 0) is 16.1 Å². The molecule has 1 aliphatic rings. The van der Waals surface area contributed by atoms with E-state index in [0.717, 1.165) is 5.56 Å². The molecule has 88 valence electrons. The quantitative estimate of drug-likeness (QED) is 0.830. The summed E-state index contributed by atoms with van der Waals surface area (Å²) in [6, 6.07) is 3.57. The van der Waals surface area contributed by atoms with Crippen molar-refractivity contribution in [3.05, 3.63) is 30.1 Å². The summed E-state index contributed by atoms with van der Waals surface area (Å²) in [4.78, 5) is 26.3. The van der Waals surface area contributed by atoms with Crippen molar-refractivity contribution in [2.45, 2.75) is 19.4 Å². The first-order valence-electron chi connectivity index (χ1n) is 5.17. The van der Waals surface area contributed by atoms with Crippen molar-refractivity contribution in [3.63, 3.8) is 0 Å². The highest BCUT2D eigenvalue weighted by Crippen LogP contribution is 2.12. The lowest BCUT2D eigenvalue weighted by molar-refractivity contribution is -0.133. The number of amides is 1. The van der Waals surface area contributed by atoms with Gasteiger partial charge in [-0.15, -0.1) is 0 Å². The van der Waals surface area contributed by atoms with Crippen LogP contribution in [0.5, 0.6) is 0 Å². The molecule has 1 amide bonds. The Morgan fingerprint density at radius 2 is 2.29 bits per heavy atom. The van der Waals surface area contributed by atoms with Gasteiger partial charge in [-0.25, -0.2) is 9.80 Å². The van der Waals surface area contributed by atoms with Crippen molar-refractivity contribution in [1.29, 1.82) is 0 Å². The summed E-state index contributed by atoms with van der Waals surface area (Å²) in [6.07, 6.45) is 3.63. The van der Waals surface area contributed by atoms with E-state index in [0.29, 0.717) is 0 Å². The number of nitrogens with zero attached hydrogens (tertiary/aromatic N) is 3. The van der Waals surface area contributed by atoms with Crippen LogP contribution in [-0.4, -0.2) is 32.7 Å². The van der Waals surface area contributed by atoms with Gasteiger partial charge in [0.1, 0.15) is 5.71 Å². The second-order valence-electron chi connectivity index (χ2n) is 3.66. The van der Waals surface area contributed by atoms with E-state index < -0.39 is 5.97 Å². The molecule has 1 aliphatic heterocycles. The highest BCUT2D eigenvalue weighted by atomic mass is 16.4. The number of hydrazone groups is 1. The normalized spacial score (nSPS) is 15.6. The van der Waals surface area contributed by atoms with E-state index in [4.69, 9.17) is 5.11 Å². The highest BCUT2D eigenvalue weighted by Gasteiger charge is 2.23. The van der Waals surface area contributed by atoms with Gasteiger partial charge in [-0.1, -0.05) is 6.07 Å². The van der Waals surface area contributed by atoms with E-state index in [2.05, 4.69) is 10.1 Å². The Kier molecular flexibility index (Phi) is 3.13. The molecule has 0 atom stereocenters. The van der Waals surface area contributed by atoms with Gasteiger partial charge >= 0.3 is 5.97 Å². The maximum atomic E-state index is 11.6. The van der Waals surface area contributed by atoms with E-state index in [1.165, 1.54) is 5.01 Å². The molecule has 2 rings (SSSR count). The zero-order valence-electron chi connectivity index (χ0n) is 9.04. The number of carbonyl (C=O) groups excluding carboxylic acids is 1. The number of pyridine rings is 1. The van der Waals surface area contributed by atoms with Gasteiger partial charge in [0.15, 0.2) is 0 Å². The molecule has 1 N–H and O–H groups in total. The average molecular weight is 233 g/mol. The fourth-order valence-corrected chi connectivity index (χ4v) is 1.54. The molecular formula is C11H11N3O3. The molecule has 0 saturated carbocycles. The van der Waals surface area contributed by atoms with Crippen molar-refractivity contribution in [2.75, 3.05) is 0 Å². The van der Waals surface area contributed by atoms with Crippen LogP contribution in [0.2, 0.25) is 0 Å². The summed E-state index contributed by atoms with van der Waals surface area (Å²) in [7, 11) is 0. The summed E-state index contributed by atoms with van der Waals surface area (Å²) in [6.45, 7) is 0.253. The first-order chi connectivity index (χ1) is 8.16. The molecule has 0 spiro atoms. The molecule has 0 fully saturated rings. The minimum absolute atomic E-state index is 0.0218. The lowest BCUT2D eigenvalue weighted by Gasteiger charge is -2.21. The first-order valence-corrected chi connectivity index (χ1v) is 5.17. The number of carbonyl (C=O) groups is 2. The van der Waals surface area contributed by atoms with Crippen LogP contribution < -0.4 is 0 Å². The standard InChI is InChI=1S/C11H11N3O3/c15-10-4-3-9(11(16)17)13-14(10)7-8-2-1-5-12-6-8/h1-2,5-6H,3-4,7H2,(H,16,17). The third kappa shape index (κ3) is 2.66. The van der Waals surface area contributed by atoms with Crippen LogP contribution >= 0.6 is 0 Å². The Hall–Kier alpha value is -2.24. The van der Waals surface area contributed by atoms with Gasteiger partial charge in [-0.05, 0) is 11.6 Å². The van der Waals surface area contributed by atoms with Gasteiger partial charge in [0.05, 0.1) is 6.54 Å². The van der Waals surface area contributed by atoms with Gasteiger partial charge in [0.2, 0.25) is 5.91 Å². The van der Waals surface area contributed by atoms with Crippen LogP contribution in [0.25, 0.3) is 0 Å². The number of aromatic nitrogens is 1. The fraction of sp³-hybridized carbons (Fsp3) is 0.273. The van der Waals surface area contributed by atoms with Gasteiger partial charge in [0.25, 0.3) is 0 Å². The lowest BCUT2D eigenvalue weighted by Crippen LogP contribution is -2.33. The summed E-state index contributed by atoms with van der Waals surface area (Å²) < 4.78 is 0. The van der Waals surface area contributed by atoms with Crippen molar-refractivity contribution in [2.24, 2.45) is 5.10 Å². The highest BCUT2D eigenvalue weighted by molar-refractivity contribution is 6.36. The molecule has 0 aromatic carbocycles. The molecule has 1 aromatic heterocycles. The molecule has 1 aromatic rings. The zero-order valence-corrected chi connectivity index (χ0v) is 9.04. The van der Waals surface area contributed by atoms with Crippen LogP contribution in [0.3, 0.4) is 0 Å². The second kappa shape index (κ2) is 4.73. The number of hydrogen-bond donors (Lipinski definition) is 1. The second-order valence-corrected chi connectivity index (χ2v) is 3.66. The largest absolute Gasteiger partial charge is 0.477 e. The Morgan fingerprint density at radius 1 is 1.47 bits per heavy atom. The molecule has 2 heterocycles. The van der Waals surface area contributed by atoms with Gasteiger partial charge < -0.3 is 5.11 Å². The lowest BCUT2D eigenvalue weighted by atomic mass is 10.1. The molecule has 6 nitrogen and oxygen atoms in total. The topological polar surface area (TPSA) is 82.9 Å². The van der Waals surface area contributed by atoms with Gasteiger partial charge in [-0.3, -0.25) is 9.78 Å². The number of hydrogen-bond acceptors (Lipinski definition) is 4. The SMILES string of the molecule is O=C(O)C1=NN(Cc2cccnc2)C(=O)CC1. The smallest absolute Gasteiger partial charge is 0.352 e. The fourth-order valence-electron chi connectivity index (χ4n) is 1.54. The van der Waals surface area contributed by atoms with E-state index >= 15 is 0 Å². The van der Waals surface area contributed by atoms with E-state index in [1.807, 2.05) is 6.07 Å². The van der Waals surface area contributed by atoms with Crippen molar-refractivity contribution in [1.82, 2.24) is 9.99 Å². The molecule has 0 aliphatic carbocycles. The monoisotopic (exact) mass is 233 g/mol. The minimum atomic E-state index is -1.08. The summed E-state index contributed by atoms with van der Waals surface area (Å²) in [5.41, 5.74) is 0.838. The summed E-state index contributed by atoms with van der Waals surface area (Å²) in [5, 5.41) is 13.8. The molecule has 0 unspecified atom stereocenters. The number of carboxylic acid groups (broad SMARTS) is 1. The Labute approximate surface area is 97.6 Å². The number of carboxylic acids is 1. The third-order valence-corrected chi connectivity index (χ3v) is 2.41. The zero-order chi connectivity index (χ0) is 12.3. The minimum Gasteiger partial charge on any atom is -0.477 e. The predicted octanol–water partition coefficient (Wildman–Crippen LogP) is 0.645. The Balaban J connectivity index is 2.16. The van der Waals surface area contributed by atoms with Gasteiger partial charge in [0, 0.05) is 25.2 Å². The molecule has 17 heavy (non-hydrogen) atoms. The number of rotatable bonds is 3. The van der Waals surface area contributed by atoms with Crippen LogP contribution in [0.1, 0.15) is 18.4 Å². The molecular weight excluding hydrogens is 222 g/mol. The summed E-state index contributed by atoms with van der Waals surface area (Å²) >= 11 is 0. The van der Waals surface area contributed by atoms with Gasteiger partial charge in [-0.2, -0.15) is 5.10 Å². The van der Waals surface area contributed by atoms with Crippen molar-refractivity contribution < 1.29 is 14.7 Å². The third-order valence-electron chi connectivity index (χ3n) is 2.41. The first kappa shape index (κ1) is 11.3. The maximum Gasteiger partial charge on any atom is 0.352 e. The van der Waals surface area contributed by atoms with E-state index in [-0.39, 0.29) is 31.0 Å².